The third kappa shape index (κ3) is 8.61. The zero-order chi connectivity index (χ0) is 29.8. The molecule has 10 heteroatoms. The van der Waals surface area contributed by atoms with Crippen molar-refractivity contribution in [1.29, 1.82) is 0 Å². The summed E-state index contributed by atoms with van der Waals surface area (Å²) in [4.78, 5) is 41.1. The maximum atomic E-state index is 13.8. The van der Waals surface area contributed by atoms with Crippen LogP contribution in [0.25, 0.3) is 10.1 Å². The Bertz CT molecular complexity index is 1270. The standard InChI is InChI=1S/C32H42N4O5S/c37-19-13-25(14-20-38)33-17-8-18-34-29(39)26(21-23-9-2-1-3-10-23)35-31(41)32(15-6-7-16-32)36-30(40)28-22-24-11-4-5-12-27(24)42-28/h1-5,9-12,22,25-26,33,37-38H,6-8,13-21H2,(H,34,39)(H,35,41)(H,36,40)/t26-/m1/s1. The van der Waals surface area contributed by atoms with Gasteiger partial charge >= 0.3 is 0 Å². The molecule has 1 heterocycles. The van der Waals surface area contributed by atoms with Gasteiger partial charge in [0.05, 0.1) is 4.88 Å². The largest absolute Gasteiger partial charge is 0.396 e. The molecule has 2 aromatic carbocycles. The molecule has 0 bridgehead atoms. The van der Waals surface area contributed by atoms with E-state index in [0.29, 0.717) is 56.5 Å². The summed E-state index contributed by atoms with van der Waals surface area (Å²) in [6.45, 7) is 1.11. The molecule has 226 valence electrons. The van der Waals surface area contributed by atoms with Crippen LogP contribution in [0.2, 0.25) is 0 Å². The van der Waals surface area contributed by atoms with Gasteiger partial charge in [-0.3, -0.25) is 14.4 Å². The minimum absolute atomic E-state index is 0.0196. The average Bonchev–Trinajstić information content (AvgIpc) is 3.65. The summed E-state index contributed by atoms with van der Waals surface area (Å²) >= 11 is 1.40. The first-order chi connectivity index (χ1) is 20.4. The third-order valence-corrected chi connectivity index (χ3v) is 8.95. The van der Waals surface area contributed by atoms with Gasteiger partial charge < -0.3 is 31.5 Å². The van der Waals surface area contributed by atoms with Gasteiger partial charge in [-0.15, -0.1) is 11.3 Å². The number of carbonyl (C=O) groups excluding carboxylic acids is 3. The Labute approximate surface area is 251 Å². The van der Waals surface area contributed by atoms with Crippen LogP contribution in [0, 0.1) is 0 Å². The highest BCUT2D eigenvalue weighted by molar-refractivity contribution is 7.20. The lowest BCUT2D eigenvalue weighted by molar-refractivity contribution is -0.132. The van der Waals surface area contributed by atoms with Gasteiger partial charge in [0.15, 0.2) is 0 Å². The quantitative estimate of drug-likeness (QED) is 0.141. The van der Waals surface area contributed by atoms with Crippen molar-refractivity contribution in [2.75, 3.05) is 26.3 Å². The van der Waals surface area contributed by atoms with E-state index in [4.69, 9.17) is 0 Å². The number of aliphatic hydroxyl groups excluding tert-OH is 2. The van der Waals surface area contributed by atoms with Crippen molar-refractivity contribution in [1.82, 2.24) is 21.3 Å². The number of hydrogen-bond acceptors (Lipinski definition) is 7. The van der Waals surface area contributed by atoms with Gasteiger partial charge in [0, 0.05) is 36.9 Å². The summed E-state index contributed by atoms with van der Waals surface area (Å²) in [5.41, 5.74) is -0.147. The topological polar surface area (TPSA) is 140 Å². The van der Waals surface area contributed by atoms with Crippen molar-refractivity contribution >= 4 is 39.1 Å². The number of amides is 3. The van der Waals surface area contributed by atoms with E-state index in [1.165, 1.54) is 11.3 Å². The first kappa shape index (κ1) is 31.6. The molecule has 0 spiro atoms. The van der Waals surface area contributed by atoms with E-state index in [1.807, 2.05) is 60.7 Å². The van der Waals surface area contributed by atoms with E-state index in [0.717, 1.165) is 28.5 Å². The normalized spacial score (nSPS) is 15.0. The predicted octanol–water partition coefficient (Wildman–Crippen LogP) is 2.90. The highest BCUT2D eigenvalue weighted by Crippen LogP contribution is 2.32. The van der Waals surface area contributed by atoms with Crippen molar-refractivity contribution in [2.45, 2.75) is 69.0 Å². The maximum Gasteiger partial charge on any atom is 0.262 e. The Hall–Kier alpha value is -3.31. The second-order valence-corrected chi connectivity index (χ2v) is 12.0. The SMILES string of the molecule is O=C(NC1(C(=O)N[C@H](Cc2ccccc2)C(=O)NCCCNC(CCO)CCO)CCCC1)c1cc2ccccc2s1. The van der Waals surface area contributed by atoms with Gasteiger partial charge in [-0.25, -0.2) is 0 Å². The Morgan fingerprint density at radius 2 is 1.60 bits per heavy atom. The molecular formula is C32H42N4O5S. The predicted molar refractivity (Wildman–Crippen MR) is 165 cm³/mol. The lowest BCUT2D eigenvalue weighted by Crippen LogP contribution is -2.61. The molecule has 1 aliphatic rings. The molecule has 0 saturated heterocycles. The highest BCUT2D eigenvalue weighted by Gasteiger charge is 2.44. The molecule has 3 amide bonds. The van der Waals surface area contributed by atoms with E-state index in [9.17, 15) is 24.6 Å². The maximum absolute atomic E-state index is 13.8. The van der Waals surface area contributed by atoms with Crippen LogP contribution in [-0.2, 0) is 16.0 Å². The molecule has 1 aromatic heterocycles. The Morgan fingerprint density at radius 3 is 2.29 bits per heavy atom. The number of rotatable bonds is 16. The molecule has 1 atom stereocenters. The van der Waals surface area contributed by atoms with Crippen LogP contribution in [0.3, 0.4) is 0 Å². The highest BCUT2D eigenvalue weighted by atomic mass is 32.1. The number of thiophene rings is 1. The van der Waals surface area contributed by atoms with Crippen molar-refractivity contribution < 1.29 is 24.6 Å². The van der Waals surface area contributed by atoms with Crippen LogP contribution in [0.15, 0.2) is 60.7 Å². The van der Waals surface area contributed by atoms with Crippen LogP contribution in [0.4, 0.5) is 0 Å². The van der Waals surface area contributed by atoms with Gasteiger partial charge in [-0.1, -0.05) is 61.4 Å². The Kier molecular flexibility index (Phi) is 11.9. The minimum atomic E-state index is -1.07. The molecule has 0 unspecified atom stereocenters. The molecular weight excluding hydrogens is 552 g/mol. The first-order valence-corrected chi connectivity index (χ1v) is 15.6. The lowest BCUT2D eigenvalue weighted by Gasteiger charge is -2.31. The van der Waals surface area contributed by atoms with Crippen LogP contribution in [0.5, 0.6) is 0 Å². The van der Waals surface area contributed by atoms with E-state index in [-0.39, 0.29) is 37.0 Å². The molecule has 0 radical (unpaired) electrons. The molecule has 1 saturated carbocycles. The van der Waals surface area contributed by atoms with Crippen LogP contribution in [0.1, 0.15) is 60.2 Å². The van der Waals surface area contributed by atoms with Crippen molar-refractivity contribution in [2.24, 2.45) is 0 Å². The Morgan fingerprint density at radius 1 is 0.905 bits per heavy atom. The summed E-state index contributed by atoms with van der Waals surface area (Å²) in [6, 6.07) is 18.4. The molecule has 1 fully saturated rings. The lowest BCUT2D eigenvalue weighted by atomic mass is 9.94. The minimum Gasteiger partial charge on any atom is -0.396 e. The first-order valence-electron chi connectivity index (χ1n) is 14.8. The van der Waals surface area contributed by atoms with Crippen LogP contribution < -0.4 is 21.3 Å². The van der Waals surface area contributed by atoms with Crippen molar-refractivity contribution in [3.8, 4) is 0 Å². The van der Waals surface area contributed by atoms with Crippen LogP contribution in [-0.4, -0.2) is 71.9 Å². The number of fused-ring (bicyclic) bond motifs is 1. The third-order valence-electron chi connectivity index (χ3n) is 7.84. The van der Waals surface area contributed by atoms with Crippen LogP contribution >= 0.6 is 11.3 Å². The Balaban J connectivity index is 1.40. The fraction of sp³-hybridized carbons (Fsp3) is 0.469. The fourth-order valence-corrected chi connectivity index (χ4v) is 6.46. The number of aliphatic hydroxyl groups is 2. The zero-order valence-electron chi connectivity index (χ0n) is 23.9. The van der Waals surface area contributed by atoms with Gasteiger partial charge in [0.25, 0.3) is 5.91 Å². The summed E-state index contributed by atoms with van der Waals surface area (Å²) in [5.74, 6) is -0.882. The second-order valence-electron chi connectivity index (χ2n) is 10.9. The number of nitrogens with one attached hydrogen (secondary N) is 4. The molecule has 3 aromatic rings. The number of benzene rings is 2. The molecule has 4 rings (SSSR count). The van der Waals surface area contributed by atoms with Crippen molar-refractivity contribution in [3.63, 3.8) is 0 Å². The second kappa shape index (κ2) is 15.8. The van der Waals surface area contributed by atoms with Gasteiger partial charge in [-0.05, 0) is 61.7 Å². The molecule has 9 nitrogen and oxygen atoms in total. The summed E-state index contributed by atoms with van der Waals surface area (Å²) in [6.07, 6.45) is 4.75. The smallest absolute Gasteiger partial charge is 0.262 e. The summed E-state index contributed by atoms with van der Waals surface area (Å²) in [5, 5.41) is 31.7. The number of carbonyl (C=O) groups is 3. The molecule has 1 aliphatic carbocycles. The molecule has 0 aliphatic heterocycles. The molecule has 6 N–H and O–H groups in total. The van der Waals surface area contributed by atoms with E-state index in [2.05, 4.69) is 21.3 Å². The van der Waals surface area contributed by atoms with Gasteiger partial charge in [0.1, 0.15) is 11.6 Å². The number of hydrogen-bond donors (Lipinski definition) is 6. The zero-order valence-corrected chi connectivity index (χ0v) is 24.8. The van der Waals surface area contributed by atoms with Gasteiger partial charge in [-0.2, -0.15) is 0 Å². The van der Waals surface area contributed by atoms with E-state index >= 15 is 0 Å². The average molecular weight is 595 g/mol. The van der Waals surface area contributed by atoms with E-state index < -0.39 is 11.6 Å². The van der Waals surface area contributed by atoms with Crippen molar-refractivity contribution in [3.05, 3.63) is 71.1 Å². The van der Waals surface area contributed by atoms with Gasteiger partial charge in [0.2, 0.25) is 11.8 Å². The fourth-order valence-electron chi connectivity index (χ4n) is 5.51. The van der Waals surface area contributed by atoms with E-state index in [1.54, 1.807) is 0 Å². The summed E-state index contributed by atoms with van der Waals surface area (Å²) in [7, 11) is 0. The summed E-state index contributed by atoms with van der Waals surface area (Å²) < 4.78 is 1.01. The molecule has 42 heavy (non-hydrogen) atoms. The monoisotopic (exact) mass is 594 g/mol.